The summed E-state index contributed by atoms with van der Waals surface area (Å²) in [6.07, 6.45) is 1.16. The van der Waals surface area contributed by atoms with Gasteiger partial charge in [-0.3, -0.25) is 4.90 Å². The Bertz CT molecular complexity index is 315. The van der Waals surface area contributed by atoms with E-state index in [0.717, 1.165) is 24.0 Å². The van der Waals surface area contributed by atoms with Crippen LogP contribution in [-0.2, 0) is 0 Å². The number of rotatable bonds is 6. The Kier molecular flexibility index (Phi) is 6.03. The molecule has 1 aromatic carbocycles. The van der Waals surface area contributed by atoms with Gasteiger partial charge in [0.05, 0.1) is 0 Å². The van der Waals surface area contributed by atoms with Gasteiger partial charge in [0.15, 0.2) is 0 Å². The van der Waals surface area contributed by atoms with Crippen LogP contribution >= 0.6 is 15.9 Å². The Morgan fingerprint density at radius 1 is 1.31 bits per heavy atom. The first-order valence-corrected chi connectivity index (χ1v) is 6.72. The number of hydrogen-bond acceptors (Lipinski definition) is 2. The summed E-state index contributed by atoms with van der Waals surface area (Å²) in [5.41, 5.74) is 7.21. The van der Waals surface area contributed by atoms with Gasteiger partial charge in [-0.2, -0.15) is 0 Å². The van der Waals surface area contributed by atoms with Crippen LogP contribution in [0.5, 0.6) is 0 Å². The minimum atomic E-state index is 0.320. The molecule has 0 spiro atoms. The number of nitrogens with zero attached hydrogens (tertiary/aromatic N) is 1. The molecule has 0 radical (unpaired) electrons. The van der Waals surface area contributed by atoms with Crippen molar-refractivity contribution in [2.24, 2.45) is 5.73 Å². The first-order chi connectivity index (χ1) is 7.74. The summed E-state index contributed by atoms with van der Waals surface area (Å²) < 4.78 is 1.15. The number of halogens is 1. The van der Waals surface area contributed by atoms with Gasteiger partial charge in [-0.1, -0.05) is 48.0 Å². The summed E-state index contributed by atoms with van der Waals surface area (Å²) in [6.45, 7) is 7.19. The third-order valence-corrected chi connectivity index (χ3v) is 3.57. The molecule has 0 amide bonds. The zero-order valence-electron chi connectivity index (χ0n) is 10.1. The van der Waals surface area contributed by atoms with Crippen LogP contribution < -0.4 is 5.73 Å². The van der Waals surface area contributed by atoms with Crippen molar-refractivity contribution in [3.05, 3.63) is 34.3 Å². The van der Waals surface area contributed by atoms with E-state index >= 15 is 0 Å². The largest absolute Gasteiger partial charge is 0.329 e. The van der Waals surface area contributed by atoms with Gasteiger partial charge >= 0.3 is 0 Å². The van der Waals surface area contributed by atoms with Crippen LogP contribution in [-0.4, -0.2) is 24.5 Å². The van der Waals surface area contributed by atoms with Gasteiger partial charge in [-0.25, -0.2) is 0 Å². The second-order valence-electron chi connectivity index (χ2n) is 3.90. The lowest BCUT2D eigenvalue weighted by Gasteiger charge is -2.30. The van der Waals surface area contributed by atoms with Gasteiger partial charge in [0.25, 0.3) is 0 Å². The predicted octanol–water partition coefficient (Wildman–Crippen LogP) is 3.18. The maximum atomic E-state index is 5.92. The third-order valence-electron chi connectivity index (χ3n) is 2.85. The van der Waals surface area contributed by atoms with Gasteiger partial charge in [-0.15, -0.1) is 0 Å². The van der Waals surface area contributed by atoms with Crippen molar-refractivity contribution in [1.82, 2.24) is 4.90 Å². The molecule has 3 heteroatoms. The van der Waals surface area contributed by atoms with Crippen LogP contribution in [0, 0.1) is 0 Å². The first kappa shape index (κ1) is 13.7. The zero-order valence-corrected chi connectivity index (χ0v) is 11.7. The number of likely N-dealkylation sites (N-methyl/N-ethyl adjacent to an activating group) is 1. The van der Waals surface area contributed by atoms with Crippen LogP contribution in [0.25, 0.3) is 0 Å². The Labute approximate surface area is 107 Å². The molecule has 0 fully saturated rings. The molecular weight excluding hydrogens is 264 g/mol. The standard InChI is InChI=1S/C13H21BrN2/c1-3-9-16(4-2)13(10-15)11-7-5-6-8-12(11)14/h5-8,13H,3-4,9-10,15H2,1-2H3. The van der Waals surface area contributed by atoms with Crippen molar-refractivity contribution in [1.29, 1.82) is 0 Å². The summed E-state index contributed by atoms with van der Waals surface area (Å²) in [6, 6.07) is 8.66. The fourth-order valence-electron chi connectivity index (χ4n) is 2.04. The predicted molar refractivity (Wildman–Crippen MR) is 73.5 cm³/mol. The Hall–Kier alpha value is -0.380. The van der Waals surface area contributed by atoms with Gasteiger partial charge in [0.1, 0.15) is 0 Å². The highest BCUT2D eigenvalue weighted by molar-refractivity contribution is 9.10. The molecule has 0 aliphatic heterocycles. The highest BCUT2D eigenvalue weighted by Crippen LogP contribution is 2.27. The second-order valence-corrected chi connectivity index (χ2v) is 4.76. The molecule has 0 aliphatic rings. The fourth-order valence-corrected chi connectivity index (χ4v) is 2.59. The monoisotopic (exact) mass is 284 g/mol. The number of benzene rings is 1. The van der Waals surface area contributed by atoms with Crippen molar-refractivity contribution < 1.29 is 0 Å². The highest BCUT2D eigenvalue weighted by atomic mass is 79.9. The lowest BCUT2D eigenvalue weighted by Crippen LogP contribution is -2.34. The first-order valence-electron chi connectivity index (χ1n) is 5.93. The Morgan fingerprint density at radius 2 is 2.00 bits per heavy atom. The fraction of sp³-hybridized carbons (Fsp3) is 0.538. The quantitative estimate of drug-likeness (QED) is 0.869. The summed E-state index contributed by atoms with van der Waals surface area (Å²) in [5.74, 6) is 0. The summed E-state index contributed by atoms with van der Waals surface area (Å²) >= 11 is 3.60. The van der Waals surface area contributed by atoms with E-state index in [4.69, 9.17) is 5.73 Å². The SMILES string of the molecule is CCCN(CC)C(CN)c1ccccc1Br. The number of hydrogen-bond donors (Lipinski definition) is 1. The summed E-state index contributed by atoms with van der Waals surface area (Å²) in [4.78, 5) is 2.43. The molecule has 0 saturated carbocycles. The normalized spacial score (nSPS) is 13.1. The van der Waals surface area contributed by atoms with Crippen molar-refractivity contribution in [2.75, 3.05) is 19.6 Å². The van der Waals surface area contributed by atoms with Gasteiger partial charge in [-0.05, 0) is 31.1 Å². The topological polar surface area (TPSA) is 29.3 Å². The molecule has 1 rings (SSSR count). The molecule has 0 saturated heterocycles. The van der Waals surface area contributed by atoms with Crippen molar-refractivity contribution in [3.8, 4) is 0 Å². The second kappa shape index (κ2) is 7.05. The molecular formula is C13H21BrN2. The smallest absolute Gasteiger partial charge is 0.0481 e. The van der Waals surface area contributed by atoms with Gasteiger partial charge in [0.2, 0.25) is 0 Å². The molecule has 0 aliphatic carbocycles. The molecule has 16 heavy (non-hydrogen) atoms. The molecule has 0 bridgehead atoms. The van der Waals surface area contributed by atoms with E-state index in [1.807, 2.05) is 6.07 Å². The lowest BCUT2D eigenvalue weighted by molar-refractivity contribution is 0.212. The van der Waals surface area contributed by atoms with Crippen LogP contribution in [0.4, 0.5) is 0 Å². The Balaban J connectivity index is 2.92. The molecule has 2 nitrogen and oxygen atoms in total. The average molecular weight is 285 g/mol. The molecule has 90 valence electrons. The maximum absolute atomic E-state index is 5.92. The van der Waals surface area contributed by atoms with Crippen molar-refractivity contribution in [2.45, 2.75) is 26.3 Å². The zero-order chi connectivity index (χ0) is 12.0. The highest BCUT2D eigenvalue weighted by Gasteiger charge is 2.18. The molecule has 2 N–H and O–H groups in total. The summed E-state index contributed by atoms with van der Waals surface area (Å²) in [5, 5.41) is 0. The van der Waals surface area contributed by atoms with Gasteiger partial charge < -0.3 is 5.73 Å². The molecule has 1 unspecified atom stereocenters. The van der Waals surface area contributed by atoms with E-state index < -0.39 is 0 Å². The Morgan fingerprint density at radius 3 is 2.50 bits per heavy atom. The van der Waals surface area contributed by atoms with Crippen molar-refractivity contribution >= 4 is 15.9 Å². The average Bonchev–Trinajstić information content (AvgIpc) is 2.31. The molecule has 1 aromatic rings. The van der Waals surface area contributed by atoms with E-state index in [1.165, 1.54) is 5.56 Å². The van der Waals surface area contributed by atoms with E-state index in [0.29, 0.717) is 12.6 Å². The van der Waals surface area contributed by atoms with Crippen LogP contribution in [0.1, 0.15) is 31.9 Å². The van der Waals surface area contributed by atoms with E-state index in [1.54, 1.807) is 0 Å². The molecule has 0 aromatic heterocycles. The van der Waals surface area contributed by atoms with Crippen LogP contribution in [0.2, 0.25) is 0 Å². The van der Waals surface area contributed by atoms with Crippen molar-refractivity contribution in [3.63, 3.8) is 0 Å². The van der Waals surface area contributed by atoms with Crippen LogP contribution in [0.3, 0.4) is 0 Å². The van der Waals surface area contributed by atoms with E-state index in [9.17, 15) is 0 Å². The summed E-state index contributed by atoms with van der Waals surface area (Å²) in [7, 11) is 0. The van der Waals surface area contributed by atoms with E-state index in [2.05, 4.69) is 52.9 Å². The van der Waals surface area contributed by atoms with Gasteiger partial charge in [0, 0.05) is 17.1 Å². The van der Waals surface area contributed by atoms with E-state index in [-0.39, 0.29) is 0 Å². The third kappa shape index (κ3) is 3.30. The lowest BCUT2D eigenvalue weighted by atomic mass is 10.1. The minimum Gasteiger partial charge on any atom is -0.329 e. The number of nitrogens with two attached hydrogens (primary N) is 1. The minimum absolute atomic E-state index is 0.320. The van der Waals surface area contributed by atoms with Crippen LogP contribution in [0.15, 0.2) is 28.7 Å². The molecule has 0 heterocycles. The molecule has 1 atom stereocenters. The maximum Gasteiger partial charge on any atom is 0.0481 e.